The first kappa shape index (κ1) is 10.1. The summed E-state index contributed by atoms with van der Waals surface area (Å²) < 4.78 is 4.68. The van der Waals surface area contributed by atoms with Gasteiger partial charge in [-0.1, -0.05) is 8.73 Å². The van der Waals surface area contributed by atoms with Gasteiger partial charge in [0.2, 0.25) is 0 Å². The van der Waals surface area contributed by atoms with Crippen LogP contribution in [0.4, 0.5) is 0 Å². The Morgan fingerprint density at radius 1 is 1.80 bits per heavy atom. The van der Waals surface area contributed by atoms with Gasteiger partial charge in [-0.2, -0.15) is 0 Å². The fourth-order valence-corrected chi connectivity index (χ4v) is 1.16. The van der Waals surface area contributed by atoms with Crippen LogP contribution >= 0.6 is 8.73 Å². The summed E-state index contributed by atoms with van der Waals surface area (Å²) in [5.74, 6) is 0. The molecule has 1 N–H and O–H groups in total. The molecule has 10 heavy (non-hydrogen) atoms. The van der Waals surface area contributed by atoms with Gasteiger partial charge in [-0.05, 0) is 13.6 Å². The molecule has 3 nitrogen and oxygen atoms in total. The zero-order chi connectivity index (χ0) is 7.98. The average molecular weight is 161 g/mol. The Morgan fingerprint density at radius 3 is 2.80 bits per heavy atom. The maximum absolute atomic E-state index is 10.9. The van der Waals surface area contributed by atoms with Crippen molar-refractivity contribution in [3.8, 4) is 0 Å². The van der Waals surface area contributed by atoms with Crippen LogP contribution in [0.5, 0.6) is 0 Å². The lowest BCUT2D eigenvalue weighted by molar-refractivity contribution is -0.113. The Kier molecular flexibility index (Phi) is 5.89. The molecule has 0 saturated heterocycles. The SMILES string of the molecule is COBC(=O)[C@H](C)NPC. The summed E-state index contributed by atoms with van der Waals surface area (Å²) in [4.78, 5) is 10.9. The molecule has 58 valence electrons. The fraction of sp³-hybridized carbons (Fsp3) is 0.800. The minimum Gasteiger partial charge on any atom is -0.434 e. The number of hydrogen-bond acceptors (Lipinski definition) is 3. The van der Waals surface area contributed by atoms with Crippen molar-refractivity contribution < 1.29 is 9.45 Å². The van der Waals surface area contributed by atoms with Gasteiger partial charge < -0.3 is 9.45 Å². The van der Waals surface area contributed by atoms with Crippen molar-refractivity contribution in [2.75, 3.05) is 13.8 Å². The summed E-state index contributed by atoms with van der Waals surface area (Å²) in [6, 6.07) is -0.0664. The number of carbonyl (C=O) groups is 1. The molecule has 5 heteroatoms. The highest BCUT2D eigenvalue weighted by molar-refractivity contribution is 7.34. The minimum absolute atomic E-state index is 0.0664. The lowest BCUT2D eigenvalue weighted by Crippen LogP contribution is -2.32. The Balaban J connectivity index is 3.49. The topological polar surface area (TPSA) is 38.3 Å². The first-order chi connectivity index (χ1) is 4.72. The summed E-state index contributed by atoms with van der Waals surface area (Å²) in [5, 5.41) is 3.03. The Labute approximate surface area is 64.0 Å². The van der Waals surface area contributed by atoms with Crippen LogP contribution in [0.15, 0.2) is 0 Å². The van der Waals surface area contributed by atoms with E-state index in [4.69, 9.17) is 0 Å². The molecule has 1 unspecified atom stereocenters. The fourth-order valence-electron chi connectivity index (χ4n) is 0.564. The van der Waals surface area contributed by atoms with Gasteiger partial charge in [0, 0.05) is 7.11 Å². The van der Waals surface area contributed by atoms with Gasteiger partial charge in [0.05, 0.1) is 6.04 Å². The van der Waals surface area contributed by atoms with E-state index in [1.807, 2.05) is 13.6 Å². The summed E-state index contributed by atoms with van der Waals surface area (Å²) >= 11 is 0. The summed E-state index contributed by atoms with van der Waals surface area (Å²) in [6.07, 6.45) is 0. The van der Waals surface area contributed by atoms with E-state index in [1.165, 1.54) is 7.11 Å². The molecule has 0 saturated carbocycles. The zero-order valence-corrected chi connectivity index (χ0v) is 7.60. The summed E-state index contributed by atoms with van der Waals surface area (Å²) in [6.45, 7) is 3.84. The molecule has 0 bridgehead atoms. The van der Waals surface area contributed by atoms with E-state index in [0.29, 0.717) is 8.73 Å². The second-order valence-corrected chi connectivity index (χ2v) is 2.80. The monoisotopic (exact) mass is 161 g/mol. The van der Waals surface area contributed by atoms with Crippen LogP contribution in [0.2, 0.25) is 0 Å². The number of hydrogen-bond donors (Lipinski definition) is 1. The third-order valence-corrected chi connectivity index (χ3v) is 1.85. The maximum Gasteiger partial charge on any atom is 0.353 e. The summed E-state index contributed by atoms with van der Waals surface area (Å²) in [7, 11) is 2.34. The predicted octanol–water partition coefficient (Wildman–Crippen LogP) is -0.288. The Morgan fingerprint density at radius 2 is 2.40 bits per heavy atom. The van der Waals surface area contributed by atoms with Crippen molar-refractivity contribution in [2.24, 2.45) is 0 Å². The lowest BCUT2D eigenvalue weighted by atomic mass is 9.89. The van der Waals surface area contributed by atoms with Gasteiger partial charge in [-0.3, -0.25) is 5.09 Å². The van der Waals surface area contributed by atoms with Crippen molar-refractivity contribution in [1.82, 2.24) is 5.09 Å². The van der Waals surface area contributed by atoms with Crippen molar-refractivity contribution in [3.63, 3.8) is 0 Å². The molecule has 0 fully saturated rings. The van der Waals surface area contributed by atoms with Gasteiger partial charge in [0.25, 0.3) is 0 Å². The van der Waals surface area contributed by atoms with E-state index >= 15 is 0 Å². The first-order valence-corrected chi connectivity index (χ1v) is 4.66. The predicted molar refractivity (Wildman–Crippen MR) is 46.0 cm³/mol. The molecule has 0 aromatic heterocycles. The minimum atomic E-state index is -0.0664. The smallest absolute Gasteiger partial charge is 0.353 e. The molecule has 0 aliphatic carbocycles. The van der Waals surface area contributed by atoms with E-state index in [1.54, 1.807) is 0 Å². The van der Waals surface area contributed by atoms with Crippen molar-refractivity contribution in [2.45, 2.75) is 13.0 Å². The van der Waals surface area contributed by atoms with E-state index in [0.717, 1.165) is 0 Å². The molecular weight excluding hydrogens is 148 g/mol. The molecule has 0 spiro atoms. The number of nitrogens with one attached hydrogen (secondary N) is 1. The first-order valence-electron chi connectivity index (χ1n) is 3.16. The molecule has 0 aromatic carbocycles. The van der Waals surface area contributed by atoms with Gasteiger partial charge >= 0.3 is 7.48 Å². The van der Waals surface area contributed by atoms with Crippen LogP contribution in [0.1, 0.15) is 6.92 Å². The second-order valence-electron chi connectivity index (χ2n) is 2.02. The molecule has 0 aromatic rings. The Hall–Kier alpha value is 0.0849. The van der Waals surface area contributed by atoms with Gasteiger partial charge in [0.15, 0.2) is 0 Å². The van der Waals surface area contributed by atoms with Crippen LogP contribution in [-0.2, 0) is 9.45 Å². The second kappa shape index (κ2) is 5.84. The quantitative estimate of drug-likeness (QED) is 0.444. The van der Waals surface area contributed by atoms with E-state index in [9.17, 15) is 4.79 Å². The highest BCUT2D eigenvalue weighted by Gasteiger charge is 2.11. The zero-order valence-electron chi connectivity index (χ0n) is 6.60. The molecule has 2 atom stereocenters. The molecule has 0 rings (SSSR count). The largest absolute Gasteiger partial charge is 0.434 e. The van der Waals surface area contributed by atoms with Crippen LogP contribution in [0, 0.1) is 0 Å². The lowest BCUT2D eigenvalue weighted by Gasteiger charge is -2.08. The van der Waals surface area contributed by atoms with Crippen LogP contribution < -0.4 is 5.09 Å². The van der Waals surface area contributed by atoms with E-state index in [-0.39, 0.29) is 19.2 Å². The third-order valence-electron chi connectivity index (χ3n) is 1.13. The van der Waals surface area contributed by atoms with Gasteiger partial charge in [0.1, 0.15) is 5.68 Å². The molecule has 0 amide bonds. The summed E-state index contributed by atoms with van der Waals surface area (Å²) in [5.41, 5.74) is 0.108. The standard InChI is InChI=1S/C5H13BNO2P/c1-4(7-10-3)5(8)6-9-2/h4,6-7,10H,1-3H3/t4-/m0/s1. The molecule has 0 aliphatic heterocycles. The maximum atomic E-state index is 10.9. The van der Waals surface area contributed by atoms with E-state index < -0.39 is 0 Å². The molecule has 0 aliphatic rings. The normalized spacial score (nSPS) is 13.9. The van der Waals surface area contributed by atoms with Crippen LogP contribution in [0.3, 0.4) is 0 Å². The van der Waals surface area contributed by atoms with Crippen molar-refractivity contribution >= 4 is 21.9 Å². The van der Waals surface area contributed by atoms with Crippen LogP contribution in [-0.4, -0.2) is 33.0 Å². The van der Waals surface area contributed by atoms with Gasteiger partial charge in [-0.15, -0.1) is 0 Å². The molecular formula is C5H13BNO2P. The van der Waals surface area contributed by atoms with Crippen molar-refractivity contribution in [3.05, 3.63) is 0 Å². The van der Waals surface area contributed by atoms with E-state index in [2.05, 4.69) is 9.74 Å². The molecule has 0 heterocycles. The molecule has 0 radical (unpaired) electrons. The highest BCUT2D eigenvalue weighted by atomic mass is 31.1. The van der Waals surface area contributed by atoms with Crippen molar-refractivity contribution in [1.29, 1.82) is 0 Å². The number of rotatable bonds is 5. The average Bonchev–Trinajstić information content (AvgIpc) is 1.89. The van der Waals surface area contributed by atoms with Gasteiger partial charge in [-0.25, -0.2) is 0 Å². The Bertz CT molecular complexity index is 112. The third kappa shape index (κ3) is 3.99. The highest BCUT2D eigenvalue weighted by Crippen LogP contribution is 1.97. The van der Waals surface area contributed by atoms with Crippen LogP contribution in [0.25, 0.3) is 0 Å². The number of carbonyl (C=O) groups excluding carboxylic acids is 1.